The van der Waals surface area contributed by atoms with Gasteiger partial charge in [0.2, 0.25) is 0 Å². The SMILES string of the molecule is CC(C)C1(Cc2ccccc2)NCCN1.Cl. The van der Waals surface area contributed by atoms with Gasteiger partial charge in [-0.15, -0.1) is 12.4 Å². The van der Waals surface area contributed by atoms with Crippen LogP contribution in [-0.2, 0) is 6.42 Å². The molecule has 1 heterocycles. The Hall–Kier alpha value is -0.570. The van der Waals surface area contributed by atoms with Crippen LogP contribution in [0.25, 0.3) is 0 Å². The highest BCUT2D eigenvalue weighted by Crippen LogP contribution is 2.21. The smallest absolute Gasteiger partial charge is 0.0752 e. The Balaban J connectivity index is 0.00000128. The summed E-state index contributed by atoms with van der Waals surface area (Å²) >= 11 is 0. The molecule has 0 unspecified atom stereocenters. The topological polar surface area (TPSA) is 24.1 Å². The van der Waals surface area contributed by atoms with Crippen molar-refractivity contribution in [2.24, 2.45) is 5.92 Å². The summed E-state index contributed by atoms with van der Waals surface area (Å²) < 4.78 is 0. The molecule has 0 atom stereocenters. The lowest BCUT2D eigenvalue weighted by atomic mass is 9.90. The van der Waals surface area contributed by atoms with E-state index in [0.717, 1.165) is 19.5 Å². The van der Waals surface area contributed by atoms with Crippen LogP contribution in [0.5, 0.6) is 0 Å². The van der Waals surface area contributed by atoms with Crippen molar-refractivity contribution in [1.29, 1.82) is 0 Å². The Morgan fingerprint density at radius 3 is 2.19 bits per heavy atom. The molecular formula is C13H21ClN2. The maximum absolute atomic E-state index is 3.61. The third-order valence-electron chi connectivity index (χ3n) is 3.32. The maximum Gasteiger partial charge on any atom is 0.0752 e. The van der Waals surface area contributed by atoms with Crippen LogP contribution in [0.1, 0.15) is 19.4 Å². The Morgan fingerprint density at radius 1 is 1.12 bits per heavy atom. The molecule has 16 heavy (non-hydrogen) atoms. The lowest BCUT2D eigenvalue weighted by Crippen LogP contribution is -2.55. The zero-order valence-electron chi connectivity index (χ0n) is 9.99. The summed E-state index contributed by atoms with van der Waals surface area (Å²) in [4.78, 5) is 0. The molecule has 1 saturated heterocycles. The summed E-state index contributed by atoms with van der Waals surface area (Å²) in [6.45, 7) is 6.69. The van der Waals surface area contributed by atoms with Gasteiger partial charge in [0, 0.05) is 19.5 Å². The molecule has 0 amide bonds. The van der Waals surface area contributed by atoms with Crippen molar-refractivity contribution >= 4 is 12.4 Å². The van der Waals surface area contributed by atoms with Crippen molar-refractivity contribution in [3.05, 3.63) is 35.9 Å². The monoisotopic (exact) mass is 240 g/mol. The van der Waals surface area contributed by atoms with Crippen LogP contribution >= 0.6 is 12.4 Å². The third-order valence-corrected chi connectivity index (χ3v) is 3.32. The molecule has 0 radical (unpaired) electrons. The minimum absolute atomic E-state index is 0. The van der Waals surface area contributed by atoms with Crippen molar-refractivity contribution in [3.63, 3.8) is 0 Å². The number of benzene rings is 1. The summed E-state index contributed by atoms with van der Waals surface area (Å²) in [7, 11) is 0. The molecule has 0 saturated carbocycles. The molecule has 2 rings (SSSR count). The van der Waals surface area contributed by atoms with Gasteiger partial charge < -0.3 is 0 Å². The molecule has 2 nitrogen and oxygen atoms in total. The second-order valence-electron chi connectivity index (χ2n) is 4.64. The molecule has 0 aliphatic carbocycles. The highest BCUT2D eigenvalue weighted by Gasteiger charge is 2.35. The van der Waals surface area contributed by atoms with Crippen LogP contribution in [0.2, 0.25) is 0 Å². The first-order valence-electron chi connectivity index (χ1n) is 5.77. The van der Waals surface area contributed by atoms with Gasteiger partial charge in [-0.3, -0.25) is 10.6 Å². The summed E-state index contributed by atoms with van der Waals surface area (Å²) in [5.74, 6) is 0.597. The Bertz CT molecular complexity index is 305. The maximum atomic E-state index is 3.61. The minimum atomic E-state index is 0. The summed E-state index contributed by atoms with van der Waals surface area (Å²) in [6, 6.07) is 10.7. The fourth-order valence-corrected chi connectivity index (χ4v) is 2.29. The second kappa shape index (κ2) is 5.67. The van der Waals surface area contributed by atoms with Gasteiger partial charge in [0.15, 0.2) is 0 Å². The number of hydrogen-bond acceptors (Lipinski definition) is 2. The minimum Gasteiger partial charge on any atom is -0.298 e. The summed E-state index contributed by atoms with van der Waals surface area (Å²) in [6.07, 6.45) is 1.06. The molecule has 3 heteroatoms. The van der Waals surface area contributed by atoms with Crippen LogP contribution in [0, 0.1) is 5.92 Å². The van der Waals surface area contributed by atoms with E-state index in [1.165, 1.54) is 5.56 Å². The fourth-order valence-electron chi connectivity index (χ4n) is 2.29. The van der Waals surface area contributed by atoms with E-state index in [9.17, 15) is 0 Å². The fraction of sp³-hybridized carbons (Fsp3) is 0.538. The Kier molecular flexibility index (Phi) is 4.78. The van der Waals surface area contributed by atoms with Gasteiger partial charge in [-0.2, -0.15) is 0 Å². The first-order chi connectivity index (χ1) is 7.23. The zero-order chi connectivity index (χ0) is 10.7. The predicted octanol–water partition coefficient (Wildman–Crippen LogP) is 2.20. The van der Waals surface area contributed by atoms with Crippen molar-refractivity contribution in [2.45, 2.75) is 25.9 Å². The first-order valence-corrected chi connectivity index (χ1v) is 5.77. The van der Waals surface area contributed by atoms with E-state index in [-0.39, 0.29) is 18.1 Å². The largest absolute Gasteiger partial charge is 0.298 e. The van der Waals surface area contributed by atoms with Crippen molar-refractivity contribution < 1.29 is 0 Å². The van der Waals surface area contributed by atoms with E-state index < -0.39 is 0 Å². The van der Waals surface area contributed by atoms with Crippen LogP contribution in [-0.4, -0.2) is 18.8 Å². The van der Waals surface area contributed by atoms with E-state index in [4.69, 9.17) is 0 Å². The van der Waals surface area contributed by atoms with E-state index >= 15 is 0 Å². The van der Waals surface area contributed by atoms with Crippen molar-refractivity contribution in [3.8, 4) is 0 Å². The third kappa shape index (κ3) is 2.76. The Labute approximate surface area is 104 Å². The molecular weight excluding hydrogens is 220 g/mol. The predicted molar refractivity (Wildman–Crippen MR) is 71.0 cm³/mol. The van der Waals surface area contributed by atoms with Crippen LogP contribution in [0.4, 0.5) is 0 Å². The van der Waals surface area contributed by atoms with Gasteiger partial charge in [-0.1, -0.05) is 44.2 Å². The highest BCUT2D eigenvalue weighted by molar-refractivity contribution is 5.85. The number of halogens is 1. The number of nitrogens with one attached hydrogen (secondary N) is 2. The van der Waals surface area contributed by atoms with Crippen LogP contribution in [0.15, 0.2) is 30.3 Å². The quantitative estimate of drug-likeness (QED) is 0.847. The summed E-state index contributed by atoms with van der Waals surface area (Å²) in [5, 5.41) is 7.21. The normalized spacial score (nSPS) is 18.4. The molecule has 90 valence electrons. The zero-order valence-corrected chi connectivity index (χ0v) is 10.8. The standard InChI is InChI=1S/C13H20N2.ClH/c1-11(2)13(14-8-9-15-13)10-12-6-4-3-5-7-12;/h3-7,11,14-15H,8-10H2,1-2H3;1H. The second-order valence-corrected chi connectivity index (χ2v) is 4.64. The molecule has 0 bridgehead atoms. The first kappa shape index (κ1) is 13.5. The molecule has 0 aromatic heterocycles. The van der Waals surface area contributed by atoms with E-state index in [0.29, 0.717) is 5.92 Å². The average Bonchev–Trinajstić information content (AvgIpc) is 2.69. The van der Waals surface area contributed by atoms with Gasteiger partial charge in [-0.25, -0.2) is 0 Å². The molecule has 1 aliphatic heterocycles. The van der Waals surface area contributed by atoms with E-state index in [1.807, 2.05) is 0 Å². The van der Waals surface area contributed by atoms with Gasteiger partial charge in [0.25, 0.3) is 0 Å². The summed E-state index contributed by atoms with van der Waals surface area (Å²) in [5.41, 5.74) is 1.49. The lowest BCUT2D eigenvalue weighted by Gasteiger charge is -2.34. The molecule has 1 fully saturated rings. The van der Waals surface area contributed by atoms with Crippen LogP contribution in [0.3, 0.4) is 0 Å². The van der Waals surface area contributed by atoms with Crippen molar-refractivity contribution in [1.82, 2.24) is 10.6 Å². The molecule has 1 aliphatic rings. The molecule has 2 N–H and O–H groups in total. The van der Waals surface area contributed by atoms with Gasteiger partial charge >= 0.3 is 0 Å². The van der Waals surface area contributed by atoms with E-state index in [1.54, 1.807) is 0 Å². The number of hydrogen-bond donors (Lipinski definition) is 2. The van der Waals surface area contributed by atoms with Crippen molar-refractivity contribution in [2.75, 3.05) is 13.1 Å². The average molecular weight is 241 g/mol. The Morgan fingerprint density at radius 2 is 1.69 bits per heavy atom. The molecule has 1 aromatic carbocycles. The van der Waals surface area contributed by atoms with Gasteiger partial charge in [-0.05, 0) is 11.5 Å². The molecule has 0 spiro atoms. The van der Waals surface area contributed by atoms with Gasteiger partial charge in [0.1, 0.15) is 0 Å². The number of rotatable bonds is 3. The highest BCUT2D eigenvalue weighted by atomic mass is 35.5. The van der Waals surface area contributed by atoms with Gasteiger partial charge in [0.05, 0.1) is 5.66 Å². The van der Waals surface area contributed by atoms with E-state index in [2.05, 4.69) is 54.8 Å². The lowest BCUT2D eigenvalue weighted by molar-refractivity contribution is 0.236. The molecule has 1 aromatic rings. The van der Waals surface area contributed by atoms with Crippen LogP contribution < -0.4 is 10.6 Å².